The van der Waals surface area contributed by atoms with Gasteiger partial charge < -0.3 is 5.32 Å². The third-order valence-corrected chi connectivity index (χ3v) is 6.16. The van der Waals surface area contributed by atoms with Crippen LogP contribution in [0.15, 0.2) is 6.33 Å². The SMILES string of the molecule is Cn1ncnc1CN1CC(C)(C2CC2)NCC1(C)C1CC1. The average Bonchev–Trinajstić information content (AvgIpc) is 3.34. The molecular formula is C16H27N5. The zero-order valence-corrected chi connectivity index (χ0v) is 13.5. The summed E-state index contributed by atoms with van der Waals surface area (Å²) in [5.41, 5.74) is 0.563. The summed E-state index contributed by atoms with van der Waals surface area (Å²) < 4.78 is 1.92. The number of hydrogen-bond acceptors (Lipinski definition) is 4. The maximum atomic E-state index is 4.45. The molecular weight excluding hydrogens is 262 g/mol. The highest BCUT2D eigenvalue weighted by Crippen LogP contribution is 2.48. The molecule has 2 heterocycles. The Labute approximate surface area is 127 Å². The second kappa shape index (κ2) is 4.53. The van der Waals surface area contributed by atoms with Crippen molar-refractivity contribution in [3.8, 4) is 0 Å². The summed E-state index contributed by atoms with van der Waals surface area (Å²) in [4.78, 5) is 7.15. The molecule has 0 bridgehead atoms. The molecule has 3 fully saturated rings. The van der Waals surface area contributed by atoms with Crippen molar-refractivity contribution in [3.63, 3.8) is 0 Å². The quantitative estimate of drug-likeness (QED) is 0.914. The topological polar surface area (TPSA) is 46.0 Å². The highest BCUT2D eigenvalue weighted by Gasteiger charge is 2.54. The van der Waals surface area contributed by atoms with Crippen molar-refractivity contribution < 1.29 is 0 Å². The van der Waals surface area contributed by atoms with Crippen LogP contribution in [0.2, 0.25) is 0 Å². The Morgan fingerprint density at radius 3 is 2.52 bits per heavy atom. The number of piperazine rings is 1. The molecule has 0 radical (unpaired) electrons. The van der Waals surface area contributed by atoms with Crippen LogP contribution in [0.4, 0.5) is 0 Å². The van der Waals surface area contributed by atoms with Gasteiger partial charge >= 0.3 is 0 Å². The normalized spacial score (nSPS) is 37.9. The predicted molar refractivity (Wildman–Crippen MR) is 81.7 cm³/mol. The molecule has 5 heteroatoms. The van der Waals surface area contributed by atoms with E-state index in [1.165, 1.54) is 25.7 Å². The van der Waals surface area contributed by atoms with E-state index in [1.807, 2.05) is 11.7 Å². The molecule has 2 aliphatic carbocycles. The van der Waals surface area contributed by atoms with Crippen LogP contribution < -0.4 is 5.32 Å². The lowest BCUT2D eigenvalue weighted by Gasteiger charge is -2.53. The maximum Gasteiger partial charge on any atom is 0.140 e. The van der Waals surface area contributed by atoms with Crippen molar-refractivity contribution in [2.75, 3.05) is 13.1 Å². The Balaban J connectivity index is 1.59. The molecule has 4 rings (SSSR count). The van der Waals surface area contributed by atoms with E-state index < -0.39 is 0 Å². The Bertz CT molecular complexity index is 533. The van der Waals surface area contributed by atoms with E-state index in [1.54, 1.807) is 6.33 Å². The van der Waals surface area contributed by atoms with Crippen LogP contribution in [0, 0.1) is 11.8 Å². The first-order valence-corrected chi connectivity index (χ1v) is 8.34. The van der Waals surface area contributed by atoms with Crippen molar-refractivity contribution >= 4 is 0 Å². The fourth-order valence-electron chi connectivity index (χ4n) is 4.10. The molecule has 5 nitrogen and oxygen atoms in total. The first-order chi connectivity index (χ1) is 10.0. The molecule has 2 saturated carbocycles. The van der Waals surface area contributed by atoms with Crippen molar-refractivity contribution in [1.29, 1.82) is 0 Å². The zero-order chi connectivity index (χ0) is 14.7. The van der Waals surface area contributed by atoms with Gasteiger partial charge in [-0.1, -0.05) is 0 Å². The van der Waals surface area contributed by atoms with Gasteiger partial charge in [0.15, 0.2) is 0 Å². The van der Waals surface area contributed by atoms with Gasteiger partial charge in [-0.15, -0.1) is 0 Å². The Morgan fingerprint density at radius 2 is 1.95 bits per heavy atom. The van der Waals surface area contributed by atoms with Gasteiger partial charge in [0.1, 0.15) is 12.2 Å². The Hall–Kier alpha value is -0.940. The minimum absolute atomic E-state index is 0.278. The van der Waals surface area contributed by atoms with Crippen molar-refractivity contribution in [1.82, 2.24) is 25.0 Å². The molecule has 116 valence electrons. The summed E-state index contributed by atoms with van der Waals surface area (Å²) in [5, 5.41) is 8.15. The second-order valence-electron chi connectivity index (χ2n) is 7.83. The largest absolute Gasteiger partial charge is 0.308 e. The van der Waals surface area contributed by atoms with Gasteiger partial charge in [0.25, 0.3) is 0 Å². The molecule has 1 aromatic rings. The Morgan fingerprint density at radius 1 is 1.24 bits per heavy atom. The lowest BCUT2D eigenvalue weighted by molar-refractivity contribution is -0.00942. The smallest absolute Gasteiger partial charge is 0.140 e. The molecule has 1 aliphatic heterocycles. The van der Waals surface area contributed by atoms with E-state index in [2.05, 4.69) is 34.1 Å². The van der Waals surface area contributed by atoms with Gasteiger partial charge in [-0.3, -0.25) is 9.58 Å². The van der Waals surface area contributed by atoms with E-state index in [-0.39, 0.29) is 11.1 Å². The van der Waals surface area contributed by atoms with E-state index >= 15 is 0 Å². The number of rotatable bonds is 4. The van der Waals surface area contributed by atoms with Crippen LogP contribution >= 0.6 is 0 Å². The molecule has 1 N–H and O–H groups in total. The summed E-state index contributed by atoms with van der Waals surface area (Å²) in [6.45, 7) is 8.04. The molecule has 2 atom stereocenters. The van der Waals surface area contributed by atoms with E-state index in [9.17, 15) is 0 Å². The van der Waals surface area contributed by atoms with Gasteiger partial charge in [0, 0.05) is 31.2 Å². The molecule has 0 amide bonds. The van der Waals surface area contributed by atoms with Crippen LogP contribution in [0.1, 0.15) is 45.4 Å². The number of hydrogen-bond donors (Lipinski definition) is 1. The summed E-state index contributed by atoms with van der Waals surface area (Å²) in [6.07, 6.45) is 7.22. The molecule has 2 unspecified atom stereocenters. The molecule has 1 aromatic heterocycles. The van der Waals surface area contributed by atoms with E-state index in [4.69, 9.17) is 0 Å². The molecule has 1 saturated heterocycles. The average molecular weight is 289 g/mol. The molecule has 3 aliphatic rings. The monoisotopic (exact) mass is 289 g/mol. The van der Waals surface area contributed by atoms with E-state index in [0.717, 1.165) is 37.3 Å². The van der Waals surface area contributed by atoms with Crippen LogP contribution in [0.5, 0.6) is 0 Å². The Kier molecular flexibility index (Phi) is 2.95. The second-order valence-corrected chi connectivity index (χ2v) is 7.83. The number of aromatic nitrogens is 3. The third kappa shape index (κ3) is 2.30. The minimum atomic E-state index is 0.278. The number of aryl methyl sites for hydroxylation is 1. The first kappa shape index (κ1) is 13.7. The van der Waals surface area contributed by atoms with Crippen molar-refractivity contribution in [2.45, 2.75) is 57.2 Å². The standard InChI is InChI=1S/C16H27N5/c1-15(12-4-5-12)10-21(8-14-17-11-19-20(14)3)16(2,9-18-15)13-6-7-13/h11-13,18H,4-10H2,1-3H3. The summed E-state index contributed by atoms with van der Waals surface area (Å²) >= 11 is 0. The summed E-state index contributed by atoms with van der Waals surface area (Å²) in [5.74, 6) is 2.80. The van der Waals surface area contributed by atoms with Gasteiger partial charge in [-0.25, -0.2) is 4.98 Å². The van der Waals surface area contributed by atoms with Gasteiger partial charge in [0.05, 0.1) is 6.54 Å². The zero-order valence-electron chi connectivity index (χ0n) is 13.5. The fourth-order valence-corrected chi connectivity index (χ4v) is 4.10. The highest BCUT2D eigenvalue weighted by molar-refractivity contribution is 5.12. The summed E-state index contributed by atoms with van der Waals surface area (Å²) in [7, 11) is 2.00. The van der Waals surface area contributed by atoms with Gasteiger partial charge in [-0.05, 0) is 51.4 Å². The molecule has 0 spiro atoms. The highest BCUT2D eigenvalue weighted by atomic mass is 15.4. The van der Waals surface area contributed by atoms with Gasteiger partial charge in [-0.2, -0.15) is 5.10 Å². The number of nitrogens with zero attached hydrogens (tertiary/aromatic N) is 4. The predicted octanol–water partition coefficient (Wildman–Crippen LogP) is 1.56. The molecule has 21 heavy (non-hydrogen) atoms. The summed E-state index contributed by atoms with van der Waals surface area (Å²) in [6, 6.07) is 0. The van der Waals surface area contributed by atoms with Crippen LogP contribution in [0.3, 0.4) is 0 Å². The van der Waals surface area contributed by atoms with Crippen molar-refractivity contribution in [3.05, 3.63) is 12.2 Å². The fraction of sp³-hybridized carbons (Fsp3) is 0.875. The maximum absolute atomic E-state index is 4.45. The lowest BCUT2D eigenvalue weighted by atomic mass is 9.83. The molecule has 0 aromatic carbocycles. The lowest BCUT2D eigenvalue weighted by Crippen LogP contribution is -2.69. The first-order valence-electron chi connectivity index (χ1n) is 8.34. The van der Waals surface area contributed by atoms with Gasteiger partial charge in [0.2, 0.25) is 0 Å². The van der Waals surface area contributed by atoms with E-state index in [0.29, 0.717) is 0 Å². The van der Waals surface area contributed by atoms with Crippen LogP contribution in [-0.4, -0.2) is 43.8 Å². The minimum Gasteiger partial charge on any atom is -0.308 e. The van der Waals surface area contributed by atoms with Crippen LogP contribution in [0.25, 0.3) is 0 Å². The third-order valence-electron chi connectivity index (χ3n) is 6.16. The number of nitrogens with one attached hydrogen (secondary N) is 1. The van der Waals surface area contributed by atoms with Crippen LogP contribution in [-0.2, 0) is 13.6 Å². The van der Waals surface area contributed by atoms with Crippen molar-refractivity contribution in [2.24, 2.45) is 18.9 Å².